The van der Waals surface area contributed by atoms with Gasteiger partial charge < -0.3 is 10.1 Å². The lowest BCUT2D eigenvalue weighted by atomic mass is 10.1. The van der Waals surface area contributed by atoms with Gasteiger partial charge in [-0.25, -0.2) is 8.42 Å². The van der Waals surface area contributed by atoms with Crippen molar-refractivity contribution in [3.05, 3.63) is 65.2 Å². The Morgan fingerprint density at radius 2 is 1.80 bits per heavy atom. The molecule has 0 unspecified atom stereocenters. The van der Waals surface area contributed by atoms with Gasteiger partial charge in [0.05, 0.1) is 16.5 Å². The Hall–Kier alpha value is -2.60. The fourth-order valence-electron chi connectivity index (χ4n) is 2.62. The Morgan fingerprint density at radius 1 is 1.12 bits per heavy atom. The van der Waals surface area contributed by atoms with Crippen LogP contribution in [0.15, 0.2) is 59.0 Å². The molecule has 1 heterocycles. The van der Waals surface area contributed by atoms with Crippen LogP contribution in [0.1, 0.15) is 24.1 Å². The molecule has 5 nitrogen and oxygen atoms in total. The monoisotopic (exact) mass is 357 g/mol. The number of rotatable bonds is 4. The average Bonchev–Trinajstić information content (AvgIpc) is 2.60. The molecule has 25 heavy (non-hydrogen) atoms. The summed E-state index contributed by atoms with van der Waals surface area (Å²) in [6.07, 6.45) is 2.99. The Bertz CT molecular complexity index is 930. The van der Waals surface area contributed by atoms with Crippen molar-refractivity contribution in [2.45, 2.75) is 17.9 Å². The Morgan fingerprint density at radius 3 is 2.48 bits per heavy atom. The number of carbonyl (C=O) groups is 1. The van der Waals surface area contributed by atoms with Gasteiger partial charge in [0.15, 0.2) is 9.84 Å². The summed E-state index contributed by atoms with van der Waals surface area (Å²) in [4.78, 5) is 12.7. The van der Waals surface area contributed by atoms with Gasteiger partial charge in [0.25, 0.3) is 5.91 Å². The van der Waals surface area contributed by atoms with Crippen molar-refractivity contribution in [3.63, 3.8) is 0 Å². The summed E-state index contributed by atoms with van der Waals surface area (Å²) in [5.74, 6) is 0.567. The molecule has 0 aliphatic carbocycles. The summed E-state index contributed by atoms with van der Waals surface area (Å²) in [6.45, 7) is 2.08. The summed E-state index contributed by atoms with van der Waals surface area (Å²) in [6, 6.07) is 13.8. The molecule has 0 bridgehead atoms. The fraction of sp³-hybridized carbons (Fsp3) is 0.211. The quantitative estimate of drug-likeness (QED) is 0.913. The molecule has 1 N–H and O–H groups in total. The van der Waals surface area contributed by atoms with E-state index in [2.05, 4.69) is 5.32 Å². The van der Waals surface area contributed by atoms with Crippen LogP contribution in [0.3, 0.4) is 0 Å². The van der Waals surface area contributed by atoms with Crippen LogP contribution < -0.4 is 10.1 Å². The normalized spacial score (nSPS) is 14.7. The first-order valence-corrected chi connectivity index (χ1v) is 9.77. The zero-order chi connectivity index (χ0) is 18.0. The Kier molecular flexibility index (Phi) is 4.63. The van der Waals surface area contributed by atoms with Crippen molar-refractivity contribution in [1.29, 1.82) is 0 Å². The largest absolute Gasteiger partial charge is 0.488 e. The smallest absolute Gasteiger partial charge is 0.251 e. The zero-order valence-corrected chi connectivity index (χ0v) is 14.8. The van der Waals surface area contributed by atoms with E-state index in [4.69, 9.17) is 4.74 Å². The van der Waals surface area contributed by atoms with Crippen molar-refractivity contribution < 1.29 is 17.9 Å². The predicted molar refractivity (Wildman–Crippen MR) is 96.0 cm³/mol. The van der Waals surface area contributed by atoms with Crippen LogP contribution in [-0.4, -0.2) is 27.2 Å². The van der Waals surface area contributed by atoms with E-state index in [1.165, 1.54) is 6.26 Å². The first-order valence-electron chi connectivity index (χ1n) is 7.88. The molecule has 1 amide bonds. The van der Waals surface area contributed by atoms with Crippen molar-refractivity contribution in [3.8, 4) is 5.75 Å². The fourth-order valence-corrected chi connectivity index (χ4v) is 3.25. The molecular formula is C19H19NO4S. The van der Waals surface area contributed by atoms with E-state index in [9.17, 15) is 13.2 Å². The number of ether oxygens (including phenoxy) is 1. The highest BCUT2D eigenvalue weighted by Gasteiger charge is 2.19. The van der Waals surface area contributed by atoms with E-state index in [-0.39, 0.29) is 23.5 Å². The lowest BCUT2D eigenvalue weighted by Crippen LogP contribution is -2.30. The lowest BCUT2D eigenvalue weighted by molar-refractivity contribution is -0.118. The topological polar surface area (TPSA) is 72.5 Å². The molecule has 6 heteroatoms. The van der Waals surface area contributed by atoms with Crippen LogP contribution >= 0.6 is 0 Å². The number of hydrogen-bond acceptors (Lipinski definition) is 4. The van der Waals surface area contributed by atoms with Gasteiger partial charge in [-0.15, -0.1) is 0 Å². The summed E-state index contributed by atoms with van der Waals surface area (Å²) in [7, 11) is -3.23. The number of nitrogens with one attached hydrogen (secondary N) is 1. The predicted octanol–water partition coefficient (Wildman–Crippen LogP) is 2.74. The molecule has 3 rings (SSSR count). The number of amides is 1. The minimum Gasteiger partial charge on any atom is -0.488 e. The standard InChI is InChI=1S/C19H19NO4S/c1-13(14-7-9-17(10-8-14)25(2,22)23)20-19(21)16-11-15-5-3-4-6-18(15)24-12-16/h3-11,13H,12H2,1-2H3,(H,20,21)/t13-/m0/s1. The molecule has 0 aromatic heterocycles. The van der Waals surface area contributed by atoms with Crippen LogP contribution in [0.2, 0.25) is 0 Å². The van der Waals surface area contributed by atoms with Crippen LogP contribution in [0, 0.1) is 0 Å². The minimum absolute atomic E-state index is 0.200. The molecule has 2 aromatic carbocycles. The van der Waals surface area contributed by atoms with Crippen LogP contribution in [0.4, 0.5) is 0 Å². The van der Waals surface area contributed by atoms with E-state index in [0.717, 1.165) is 16.9 Å². The molecule has 130 valence electrons. The molecule has 0 fully saturated rings. The number of sulfone groups is 1. The zero-order valence-electron chi connectivity index (χ0n) is 14.0. The lowest BCUT2D eigenvalue weighted by Gasteiger charge is -2.20. The maximum Gasteiger partial charge on any atom is 0.251 e. The third-order valence-electron chi connectivity index (χ3n) is 4.08. The van der Waals surface area contributed by atoms with Gasteiger partial charge in [-0.1, -0.05) is 30.3 Å². The third kappa shape index (κ3) is 3.91. The highest BCUT2D eigenvalue weighted by atomic mass is 32.2. The molecule has 1 aliphatic rings. The molecule has 0 saturated heterocycles. The van der Waals surface area contributed by atoms with E-state index >= 15 is 0 Å². The molecule has 0 spiro atoms. The molecule has 0 radical (unpaired) electrons. The second-order valence-corrected chi connectivity index (χ2v) is 8.05. The molecule has 1 aliphatic heterocycles. The van der Waals surface area contributed by atoms with Crippen molar-refractivity contribution >= 4 is 21.8 Å². The van der Waals surface area contributed by atoms with Gasteiger partial charge in [-0.2, -0.15) is 0 Å². The number of carbonyl (C=O) groups excluding carboxylic acids is 1. The number of hydrogen-bond donors (Lipinski definition) is 1. The van der Waals surface area contributed by atoms with Gasteiger partial charge >= 0.3 is 0 Å². The Labute approximate surface area is 147 Å². The summed E-state index contributed by atoms with van der Waals surface area (Å²) >= 11 is 0. The first kappa shape index (κ1) is 17.2. The summed E-state index contributed by atoms with van der Waals surface area (Å²) in [5, 5.41) is 2.92. The van der Waals surface area contributed by atoms with Crippen molar-refractivity contribution in [2.75, 3.05) is 12.9 Å². The van der Waals surface area contributed by atoms with Gasteiger partial charge in [-0.05, 0) is 36.8 Å². The van der Waals surface area contributed by atoms with Crippen LogP contribution in [0.25, 0.3) is 6.08 Å². The molecule has 2 aromatic rings. The highest BCUT2D eigenvalue weighted by molar-refractivity contribution is 7.90. The van der Waals surface area contributed by atoms with Gasteiger partial charge in [0, 0.05) is 11.8 Å². The molecule has 0 saturated carbocycles. The maximum absolute atomic E-state index is 12.5. The van der Waals surface area contributed by atoms with Crippen molar-refractivity contribution in [1.82, 2.24) is 5.32 Å². The van der Waals surface area contributed by atoms with E-state index in [1.807, 2.05) is 37.3 Å². The van der Waals surface area contributed by atoms with Crippen LogP contribution in [0.5, 0.6) is 5.75 Å². The van der Waals surface area contributed by atoms with E-state index in [0.29, 0.717) is 5.57 Å². The molecular weight excluding hydrogens is 338 g/mol. The van der Waals surface area contributed by atoms with E-state index in [1.54, 1.807) is 24.3 Å². The second kappa shape index (κ2) is 6.72. The highest BCUT2D eigenvalue weighted by Crippen LogP contribution is 2.26. The van der Waals surface area contributed by atoms with Gasteiger partial charge in [-0.3, -0.25) is 4.79 Å². The average molecular weight is 357 g/mol. The van der Waals surface area contributed by atoms with Gasteiger partial charge in [0.2, 0.25) is 0 Å². The first-order chi connectivity index (χ1) is 11.8. The number of fused-ring (bicyclic) bond motifs is 1. The third-order valence-corrected chi connectivity index (χ3v) is 5.21. The number of benzene rings is 2. The maximum atomic E-state index is 12.5. The van der Waals surface area contributed by atoms with Crippen LogP contribution in [-0.2, 0) is 14.6 Å². The summed E-state index contributed by atoms with van der Waals surface area (Å²) in [5.41, 5.74) is 2.26. The van der Waals surface area contributed by atoms with Crippen molar-refractivity contribution in [2.24, 2.45) is 0 Å². The molecule has 1 atom stereocenters. The summed E-state index contributed by atoms with van der Waals surface area (Å²) < 4.78 is 28.6. The van der Waals surface area contributed by atoms with Gasteiger partial charge in [0.1, 0.15) is 12.4 Å². The second-order valence-electron chi connectivity index (χ2n) is 6.03. The Balaban J connectivity index is 1.72. The van der Waals surface area contributed by atoms with E-state index < -0.39 is 9.84 Å². The SMILES string of the molecule is C[C@H](NC(=O)C1=Cc2ccccc2OC1)c1ccc(S(C)(=O)=O)cc1. The number of para-hydroxylation sites is 1. The minimum atomic E-state index is -3.23.